The monoisotopic (exact) mass is 341 g/mol. The van der Waals surface area contributed by atoms with E-state index in [-0.39, 0.29) is 34.8 Å². The second-order valence-electron chi connectivity index (χ2n) is 5.41. The molecule has 24 heavy (non-hydrogen) atoms. The molecule has 0 amide bonds. The summed E-state index contributed by atoms with van der Waals surface area (Å²) < 4.78 is 4.97. The number of rotatable bonds is 4. The molecule has 0 atom stereocenters. The Morgan fingerprint density at radius 3 is 2.71 bits per heavy atom. The van der Waals surface area contributed by atoms with Gasteiger partial charge in [0.1, 0.15) is 11.5 Å². The van der Waals surface area contributed by atoms with Crippen LogP contribution < -0.4 is 4.74 Å². The zero-order valence-corrected chi connectivity index (χ0v) is 13.6. The molecule has 121 valence electrons. The van der Waals surface area contributed by atoms with Crippen molar-refractivity contribution in [3.63, 3.8) is 0 Å². The van der Waals surface area contributed by atoms with Crippen LogP contribution in [0, 0.1) is 0 Å². The average Bonchev–Trinajstić information content (AvgIpc) is 2.58. The molecule has 0 heterocycles. The molecule has 4 nitrogen and oxygen atoms in total. The third kappa shape index (κ3) is 2.76. The number of carbonyl (C=O) groups excluding carboxylic acids is 1. The van der Waals surface area contributed by atoms with Crippen LogP contribution in [-0.2, 0) is 11.5 Å². The number of halogens is 1. The molecule has 0 aromatic heterocycles. The Bertz CT molecular complexity index is 934. The molecule has 0 aliphatic heterocycles. The third-order valence-corrected chi connectivity index (χ3v) is 4.31. The lowest BCUT2D eigenvalue weighted by Gasteiger charge is -2.12. The van der Waals surface area contributed by atoms with E-state index in [2.05, 4.69) is 0 Å². The van der Waals surface area contributed by atoms with Crippen molar-refractivity contribution >= 4 is 28.7 Å². The maximum absolute atomic E-state index is 12.2. The van der Waals surface area contributed by atoms with Crippen LogP contribution in [0.4, 0.5) is 0 Å². The van der Waals surface area contributed by atoms with Crippen LogP contribution in [0.5, 0.6) is 17.2 Å². The Balaban J connectivity index is 2.07. The van der Waals surface area contributed by atoms with E-state index in [4.69, 9.17) is 16.3 Å². The molecule has 0 saturated heterocycles. The number of aromatic hydroxyl groups is 1. The molecule has 3 aromatic carbocycles. The van der Waals surface area contributed by atoms with Crippen LogP contribution in [0.25, 0.3) is 10.8 Å². The van der Waals surface area contributed by atoms with Crippen LogP contribution in [0.2, 0.25) is 5.02 Å². The van der Waals surface area contributed by atoms with Gasteiger partial charge in [-0.1, -0.05) is 41.9 Å². The van der Waals surface area contributed by atoms with E-state index in [1.807, 2.05) is 36.4 Å². The first-order chi connectivity index (χ1) is 11.5. The highest BCUT2D eigenvalue weighted by Gasteiger charge is 2.19. The topological polar surface area (TPSA) is 66.4 Å². The number of benzene rings is 3. The molecule has 1 radical (unpaired) electrons. The molecule has 1 N–H and O–H groups in total. The van der Waals surface area contributed by atoms with Gasteiger partial charge in [0.15, 0.2) is 12.0 Å². The van der Waals surface area contributed by atoms with Gasteiger partial charge in [-0.2, -0.15) is 0 Å². The van der Waals surface area contributed by atoms with Gasteiger partial charge in [0.25, 0.3) is 0 Å². The standard InChI is InChI=1S/C19H14ClO4/c1-24-18-9-17(22)14(19(23)15(18)10-21)8-11-5-6-13-12(7-11)3-2-4-16(13)20/h2-7,9-10,23H,8H2,1H3. The normalized spacial score (nSPS) is 10.8. The fourth-order valence-electron chi connectivity index (χ4n) is 2.74. The highest BCUT2D eigenvalue weighted by Crippen LogP contribution is 2.39. The van der Waals surface area contributed by atoms with Gasteiger partial charge in [-0.3, -0.25) is 9.90 Å². The summed E-state index contributed by atoms with van der Waals surface area (Å²) in [5.74, 6) is -0.636. The summed E-state index contributed by atoms with van der Waals surface area (Å²) in [5.41, 5.74) is 0.981. The van der Waals surface area contributed by atoms with Gasteiger partial charge in [0, 0.05) is 28.5 Å². The Morgan fingerprint density at radius 2 is 2.00 bits per heavy atom. The predicted octanol–water partition coefficient (Wildman–Crippen LogP) is 4.75. The fraction of sp³-hybridized carbons (Fsp3) is 0.105. The van der Waals surface area contributed by atoms with Crippen molar-refractivity contribution in [2.45, 2.75) is 6.42 Å². The molecule has 0 saturated carbocycles. The molecular weight excluding hydrogens is 328 g/mol. The van der Waals surface area contributed by atoms with Gasteiger partial charge in [0.05, 0.1) is 12.7 Å². The zero-order valence-electron chi connectivity index (χ0n) is 12.9. The van der Waals surface area contributed by atoms with Crippen LogP contribution in [0.1, 0.15) is 21.5 Å². The number of fused-ring (bicyclic) bond motifs is 1. The maximum atomic E-state index is 12.2. The van der Waals surface area contributed by atoms with Crippen molar-refractivity contribution in [2.24, 2.45) is 0 Å². The van der Waals surface area contributed by atoms with Gasteiger partial charge in [-0.05, 0) is 17.0 Å². The maximum Gasteiger partial charge on any atom is 0.189 e. The van der Waals surface area contributed by atoms with Crippen molar-refractivity contribution in [2.75, 3.05) is 7.11 Å². The number of phenols is 1. The number of hydrogen-bond donors (Lipinski definition) is 1. The molecule has 0 unspecified atom stereocenters. The van der Waals surface area contributed by atoms with E-state index in [0.717, 1.165) is 16.3 Å². The summed E-state index contributed by atoms with van der Waals surface area (Å²) >= 11 is 6.15. The van der Waals surface area contributed by atoms with Crippen molar-refractivity contribution in [1.82, 2.24) is 0 Å². The minimum Gasteiger partial charge on any atom is -0.507 e. The molecule has 0 bridgehead atoms. The summed E-state index contributed by atoms with van der Waals surface area (Å²) in [6, 6.07) is 12.4. The number of methoxy groups -OCH3 is 1. The lowest BCUT2D eigenvalue weighted by Crippen LogP contribution is -1.97. The second-order valence-corrected chi connectivity index (χ2v) is 5.81. The first-order valence-corrected chi connectivity index (χ1v) is 7.65. The van der Waals surface area contributed by atoms with E-state index in [0.29, 0.717) is 11.3 Å². The average molecular weight is 342 g/mol. The van der Waals surface area contributed by atoms with E-state index in [9.17, 15) is 15.0 Å². The first kappa shape index (κ1) is 16.1. The largest absolute Gasteiger partial charge is 0.507 e. The molecule has 0 aliphatic carbocycles. The Labute approximate surface area is 143 Å². The lowest BCUT2D eigenvalue weighted by molar-refractivity contribution is 0.111. The van der Waals surface area contributed by atoms with Gasteiger partial charge in [0.2, 0.25) is 0 Å². The summed E-state index contributed by atoms with van der Waals surface area (Å²) in [6.07, 6.45) is 0.690. The Kier molecular flexibility index (Phi) is 4.32. The molecule has 0 fully saturated rings. The Morgan fingerprint density at radius 1 is 1.21 bits per heavy atom. The van der Waals surface area contributed by atoms with Crippen LogP contribution >= 0.6 is 11.6 Å². The smallest absolute Gasteiger partial charge is 0.189 e. The summed E-state index contributed by atoms with van der Waals surface area (Å²) in [7, 11) is 1.34. The Hall–Kier alpha value is -2.72. The number of aldehydes is 1. The predicted molar refractivity (Wildman–Crippen MR) is 91.9 cm³/mol. The van der Waals surface area contributed by atoms with Crippen molar-refractivity contribution in [3.05, 3.63) is 64.2 Å². The molecular formula is C19H14ClO4. The van der Waals surface area contributed by atoms with Gasteiger partial charge < -0.3 is 9.84 Å². The van der Waals surface area contributed by atoms with Gasteiger partial charge in [-0.25, -0.2) is 0 Å². The summed E-state index contributed by atoms with van der Waals surface area (Å²) in [5, 5.41) is 25.0. The minimum atomic E-state index is -0.374. The highest BCUT2D eigenvalue weighted by atomic mass is 35.5. The van der Waals surface area contributed by atoms with Crippen LogP contribution in [0.3, 0.4) is 0 Å². The lowest BCUT2D eigenvalue weighted by atomic mass is 9.98. The molecule has 3 rings (SSSR count). The third-order valence-electron chi connectivity index (χ3n) is 3.98. The molecule has 5 heteroatoms. The number of carbonyl (C=O) groups is 1. The van der Waals surface area contributed by atoms with Crippen LogP contribution in [0.15, 0.2) is 42.5 Å². The number of hydrogen-bond acceptors (Lipinski definition) is 3. The van der Waals surface area contributed by atoms with E-state index >= 15 is 0 Å². The molecule has 3 aromatic rings. The van der Waals surface area contributed by atoms with Gasteiger partial charge >= 0.3 is 0 Å². The summed E-state index contributed by atoms with van der Waals surface area (Å²) in [4.78, 5) is 11.2. The first-order valence-electron chi connectivity index (χ1n) is 7.27. The quantitative estimate of drug-likeness (QED) is 0.696. The highest BCUT2D eigenvalue weighted by molar-refractivity contribution is 6.35. The molecule has 0 aliphatic rings. The number of phenolic OH excluding ortho intramolecular Hbond substituents is 1. The minimum absolute atomic E-state index is 0.0177. The van der Waals surface area contributed by atoms with Crippen LogP contribution in [-0.4, -0.2) is 18.5 Å². The zero-order chi connectivity index (χ0) is 17.3. The van der Waals surface area contributed by atoms with Gasteiger partial charge in [-0.15, -0.1) is 0 Å². The van der Waals surface area contributed by atoms with Crippen molar-refractivity contribution in [1.29, 1.82) is 0 Å². The van der Waals surface area contributed by atoms with E-state index in [1.165, 1.54) is 13.2 Å². The fourth-order valence-corrected chi connectivity index (χ4v) is 2.99. The van der Waals surface area contributed by atoms with Crippen molar-refractivity contribution in [3.8, 4) is 17.2 Å². The second kappa shape index (κ2) is 6.42. The molecule has 0 spiro atoms. The summed E-state index contributed by atoms with van der Waals surface area (Å²) in [6.45, 7) is 0. The SMILES string of the molecule is COc1cc([O])c(Cc2ccc3c(Cl)cccc3c2)c(O)c1C=O. The van der Waals surface area contributed by atoms with Crippen molar-refractivity contribution < 1.29 is 19.7 Å². The number of ether oxygens (including phenoxy) is 1. The van der Waals surface area contributed by atoms with E-state index < -0.39 is 0 Å². The van der Waals surface area contributed by atoms with E-state index in [1.54, 1.807) is 0 Å².